The maximum Gasteiger partial charge on any atom is 0.0934 e. The van der Waals surface area contributed by atoms with Gasteiger partial charge in [-0.1, -0.05) is 12.1 Å². The van der Waals surface area contributed by atoms with Crippen LogP contribution in [-0.4, -0.2) is 22.2 Å². The predicted molar refractivity (Wildman–Crippen MR) is 76.7 cm³/mol. The first-order valence-corrected chi connectivity index (χ1v) is 7.02. The Labute approximate surface area is 114 Å². The number of pyridine rings is 1. The van der Waals surface area contributed by atoms with Gasteiger partial charge in [0.2, 0.25) is 0 Å². The van der Waals surface area contributed by atoms with Crippen LogP contribution >= 0.6 is 15.9 Å². The topological polar surface area (TPSA) is 45.1 Å². The van der Waals surface area contributed by atoms with Crippen molar-refractivity contribution in [2.45, 2.75) is 31.4 Å². The second kappa shape index (κ2) is 4.86. The van der Waals surface area contributed by atoms with Gasteiger partial charge in [-0.15, -0.1) is 0 Å². The van der Waals surface area contributed by atoms with Crippen molar-refractivity contribution in [2.24, 2.45) is 0 Å². The average molecular weight is 307 g/mol. The lowest BCUT2D eigenvalue weighted by molar-refractivity contribution is 0.172. The van der Waals surface area contributed by atoms with E-state index in [-0.39, 0.29) is 12.1 Å². The number of fused-ring (bicyclic) bond motifs is 1. The Bertz CT molecular complexity index is 573. The van der Waals surface area contributed by atoms with E-state index in [1.54, 1.807) is 6.20 Å². The van der Waals surface area contributed by atoms with Gasteiger partial charge in [0, 0.05) is 16.1 Å². The number of benzene rings is 1. The molecule has 1 aliphatic carbocycles. The normalized spacial score (nSPS) is 23.4. The Hall–Kier alpha value is -1.13. The number of nitrogens with zero attached hydrogens (tertiary/aromatic N) is 1. The molecule has 1 aliphatic rings. The summed E-state index contributed by atoms with van der Waals surface area (Å²) in [5.74, 6) is 0. The van der Waals surface area contributed by atoms with Crippen molar-refractivity contribution in [3.63, 3.8) is 0 Å². The highest BCUT2D eigenvalue weighted by Crippen LogP contribution is 2.28. The molecule has 1 aromatic heterocycles. The van der Waals surface area contributed by atoms with E-state index in [0.717, 1.165) is 40.3 Å². The Morgan fingerprint density at radius 1 is 1.33 bits per heavy atom. The van der Waals surface area contributed by atoms with E-state index in [0.29, 0.717) is 0 Å². The number of hydrogen-bond donors (Lipinski definition) is 2. The number of rotatable bonds is 2. The summed E-state index contributed by atoms with van der Waals surface area (Å²) in [5, 5.41) is 14.4. The third kappa shape index (κ3) is 2.22. The van der Waals surface area contributed by atoms with Gasteiger partial charge < -0.3 is 10.4 Å². The van der Waals surface area contributed by atoms with Gasteiger partial charge in [0.25, 0.3) is 0 Å². The summed E-state index contributed by atoms with van der Waals surface area (Å²) in [4.78, 5) is 4.46. The molecule has 2 unspecified atom stereocenters. The van der Waals surface area contributed by atoms with Crippen molar-refractivity contribution in [3.8, 4) is 0 Å². The molecular weight excluding hydrogens is 292 g/mol. The fourth-order valence-electron chi connectivity index (χ4n) is 2.56. The lowest BCUT2D eigenvalue weighted by Crippen LogP contribution is -2.28. The molecule has 2 N–H and O–H groups in total. The fraction of sp³-hybridized carbons (Fsp3) is 0.357. The molecule has 0 saturated heterocycles. The molecule has 0 radical (unpaired) electrons. The van der Waals surface area contributed by atoms with Gasteiger partial charge in [-0.25, -0.2) is 0 Å². The monoisotopic (exact) mass is 306 g/mol. The van der Waals surface area contributed by atoms with Crippen LogP contribution in [0.2, 0.25) is 0 Å². The number of nitrogens with one attached hydrogen (secondary N) is 1. The molecule has 4 heteroatoms. The highest BCUT2D eigenvalue weighted by molar-refractivity contribution is 9.10. The molecule has 0 amide bonds. The zero-order valence-electron chi connectivity index (χ0n) is 9.94. The van der Waals surface area contributed by atoms with Crippen molar-refractivity contribution >= 4 is 32.5 Å². The first kappa shape index (κ1) is 11.9. The van der Waals surface area contributed by atoms with Crippen LogP contribution in [0.3, 0.4) is 0 Å². The largest absolute Gasteiger partial charge is 0.391 e. The Morgan fingerprint density at radius 2 is 2.22 bits per heavy atom. The maximum absolute atomic E-state index is 9.88. The molecule has 1 heterocycles. The molecule has 0 aliphatic heterocycles. The van der Waals surface area contributed by atoms with Gasteiger partial charge in [0.05, 0.1) is 23.3 Å². The van der Waals surface area contributed by atoms with Crippen molar-refractivity contribution in [1.29, 1.82) is 0 Å². The molecule has 94 valence electrons. The smallest absolute Gasteiger partial charge is 0.0934 e. The Balaban J connectivity index is 1.96. The summed E-state index contributed by atoms with van der Waals surface area (Å²) in [6.07, 6.45) is 4.56. The maximum atomic E-state index is 9.88. The molecule has 3 nitrogen and oxygen atoms in total. The number of aliphatic hydroxyl groups excluding tert-OH is 1. The predicted octanol–water partition coefficient (Wildman–Crippen LogP) is 3.32. The molecule has 3 rings (SSSR count). The summed E-state index contributed by atoms with van der Waals surface area (Å²) in [6.45, 7) is 0. The van der Waals surface area contributed by atoms with E-state index in [4.69, 9.17) is 0 Å². The summed E-state index contributed by atoms with van der Waals surface area (Å²) in [7, 11) is 0. The molecule has 0 bridgehead atoms. The van der Waals surface area contributed by atoms with Crippen LogP contribution in [-0.2, 0) is 0 Å². The van der Waals surface area contributed by atoms with Crippen LogP contribution in [0.25, 0.3) is 10.9 Å². The quantitative estimate of drug-likeness (QED) is 0.894. The van der Waals surface area contributed by atoms with Crippen LogP contribution in [0.1, 0.15) is 19.3 Å². The molecule has 1 fully saturated rings. The molecule has 2 aromatic rings. The van der Waals surface area contributed by atoms with Gasteiger partial charge in [0.15, 0.2) is 0 Å². The number of hydrogen-bond acceptors (Lipinski definition) is 3. The Kier molecular flexibility index (Phi) is 3.22. The number of para-hydroxylation sites is 1. The molecule has 2 atom stereocenters. The number of anilines is 1. The summed E-state index contributed by atoms with van der Waals surface area (Å²) >= 11 is 3.43. The standard InChI is InChI=1S/C14H15BrN2O/c15-10-7-9-3-1-5-12(14(9)16-8-10)17-11-4-2-6-13(11)18/h1,3,5,7-8,11,13,17-18H,2,4,6H2. The van der Waals surface area contributed by atoms with Gasteiger partial charge in [-0.2, -0.15) is 0 Å². The lowest BCUT2D eigenvalue weighted by atomic mass is 10.1. The van der Waals surface area contributed by atoms with Crippen LogP contribution in [0.4, 0.5) is 5.69 Å². The van der Waals surface area contributed by atoms with E-state index in [1.165, 1.54) is 0 Å². The highest BCUT2D eigenvalue weighted by atomic mass is 79.9. The van der Waals surface area contributed by atoms with Crippen LogP contribution in [0.5, 0.6) is 0 Å². The van der Waals surface area contributed by atoms with Crippen molar-refractivity contribution in [1.82, 2.24) is 4.98 Å². The van der Waals surface area contributed by atoms with Gasteiger partial charge in [-0.05, 0) is 47.3 Å². The lowest BCUT2D eigenvalue weighted by Gasteiger charge is -2.18. The van der Waals surface area contributed by atoms with Crippen LogP contribution in [0, 0.1) is 0 Å². The van der Waals surface area contributed by atoms with E-state index >= 15 is 0 Å². The van der Waals surface area contributed by atoms with Gasteiger partial charge in [0.1, 0.15) is 0 Å². The first-order chi connectivity index (χ1) is 8.74. The number of aliphatic hydroxyl groups is 1. The van der Waals surface area contributed by atoms with E-state index in [1.807, 2.05) is 18.2 Å². The third-order valence-electron chi connectivity index (χ3n) is 3.50. The molecular formula is C14H15BrN2O. The van der Waals surface area contributed by atoms with Crippen molar-refractivity contribution in [3.05, 3.63) is 34.9 Å². The summed E-state index contributed by atoms with van der Waals surface area (Å²) < 4.78 is 0.980. The summed E-state index contributed by atoms with van der Waals surface area (Å²) in [5.41, 5.74) is 1.96. The molecule has 0 spiro atoms. The van der Waals surface area contributed by atoms with Crippen LogP contribution in [0.15, 0.2) is 34.9 Å². The highest BCUT2D eigenvalue weighted by Gasteiger charge is 2.25. The number of aromatic nitrogens is 1. The first-order valence-electron chi connectivity index (χ1n) is 6.23. The van der Waals surface area contributed by atoms with E-state index < -0.39 is 0 Å². The zero-order valence-corrected chi connectivity index (χ0v) is 11.5. The zero-order chi connectivity index (χ0) is 12.5. The minimum Gasteiger partial charge on any atom is -0.391 e. The van der Waals surface area contributed by atoms with Crippen molar-refractivity contribution < 1.29 is 5.11 Å². The fourth-order valence-corrected chi connectivity index (χ4v) is 2.91. The average Bonchev–Trinajstić information content (AvgIpc) is 2.75. The molecule has 1 saturated carbocycles. The van der Waals surface area contributed by atoms with E-state index in [9.17, 15) is 5.11 Å². The second-order valence-electron chi connectivity index (χ2n) is 4.78. The molecule has 1 aromatic carbocycles. The van der Waals surface area contributed by atoms with E-state index in [2.05, 4.69) is 32.3 Å². The van der Waals surface area contributed by atoms with Crippen molar-refractivity contribution in [2.75, 3.05) is 5.32 Å². The Morgan fingerprint density at radius 3 is 3.00 bits per heavy atom. The minimum atomic E-state index is -0.240. The molecule has 18 heavy (non-hydrogen) atoms. The van der Waals surface area contributed by atoms with Gasteiger partial charge >= 0.3 is 0 Å². The van der Waals surface area contributed by atoms with Gasteiger partial charge in [-0.3, -0.25) is 4.98 Å². The third-order valence-corrected chi connectivity index (χ3v) is 3.93. The SMILES string of the molecule is OC1CCCC1Nc1cccc2cc(Br)cnc12. The number of halogens is 1. The second-order valence-corrected chi connectivity index (χ2v) is 5.70. The summed E-state index contributed by atoms with van der Waals surface area (Å²) in [6, 6.07) is 8.29. The van der Waals surface area contributed by atoms with Crippen LogP contribution < -0.4 is 5.32 Å². The minimum absolute atomic E-state index is 0.154.